The Bertz CT molecular complexity index is 729. The van der Waals surface area contributed by atoms with Crippen LogP contribution in [-0.4, -0.2) is 24.4 Å². The molecule has 5 heteroatoms. The molecule has 0 aliphatic carbocycles. The largest absolute Gasteiger partial charge is 0.377 e. The number of benzene rings is 2. The van der Waals surface area contributed by atoms with Crippen LogP contribution in [0.2, 0.25) is 0 Å². The molecule has 1 heterocycles. The van der Waals surface area contributed by atoms with Gasteiger partial charge in [0.1, 0.15) is 5.82 Å². The first-order valence-corrected chi connectivity index (χ1v) is 9.03. The molecule has 0 bridgehead atoms. The number of carbonyl (C=O) groups excluding carboxylic acids is 1. The molecule has 1 aliphatic rings. The van der Waals surface area contributed by atoms with Crippen LogP contribution in [0, 0.1) is 12.7 Å². The van der Waals surface area contributed by atoms with Gasteiger partial charge in [0.05, 0.1) is 17.4 Å². The number of ether oxygens (including phenoxy) is 1. The van der Waals surface area contributed by atoms with Crippen LogP contribution in [0.5, 0.6) is 0 Å². The summed E-state index contributed by atoms with van der Waals surface area (Å²) in [7, 11) is 0. The molecule has 3 rings (SSSR count). The quantitative estimate of drug-likeness (QED) is 0.801. The maximum Gasteiger partial charge on any atom is 0.256 e. The highest BCUT2D eigenvalue weighted by Crippen LogP contribution is 2.27. The number of carbonyl (C=O) groups is 1. The molecule has 1 unspecified atom stereocenters. The number of halogens is 1. The molecule has 126 valence electrons. The van der Waals surface area contributed by atoms with Gasteiger partial charge in [-0.05, 0) is 49.6 Å². The number of rotatable bonds is 5. The summed E-state index contributed by atoms with van der Waals surface area (Å²) in [6.07, 6.45) is 2.41. The van der Waals surface area contributed by atoms with Crippen LogP contribution in [0.25, 0.3) is 0 Å². The SMILES string of the molecule is Cc1ccc(NC(=O)c2ccccc2SCC2CCCO2)c(F)c1. The highest BCUT2D eigenvalue weighted by Gasteiger charge is 2.18. The Balaban J connectivity index is 1.72. The van der Waals surface area contributed by atoms with E-state index >= 15 is 0 Å². The first kappa shape index (κ1) is 17.0. The summed E-state index contributed by atoms with van der Waals surface area (Å²) in [5, 5.41) is 2.66. The number of nitrogens with one attached hydrogen (secondary N) is 1. The normalized spacial score (nSPS) is 17.0. The van der Waals surface area contributed by atoms with Crippen molar-refractivity contribution in [2.45, 2.75) is 30.8 Å². The van der Waals surface area contributed by atoms with Gasteiger partial charge in [-0.15, -0.1) is 11.8 Å². The fraction of sp³-hybridized carbons (Fsp3) is 0.316. The summed E-state index contributed by atoms with van der Waals surface area (Å²) in [5.41, 5.74) is 1.57. The third-order valence-electron chi connectivity index (χ3n) is 3.95. The van der Waals surface area contributed by atoms with Gasteiger partial charge in [-0.2, -0.15) is 0 Å². The van der Waals surface area contributed by atoms with Crippen LogP contribution in [0.4, 0.5) is 10.1 Å². The van der Waals surface area contributed by atoms with Crippen molar-refractivity contribution in [2.24, 2.45) is 0 Å². The van der Waals surface area contributed by atoms with Gasteiger partial charge in [0.25, 0.3) is 5.91 Å². The third kappa shape index (κ3) is 4.16. The molecule has 1 amide bonds. The molecular formula is C19H20FNO2S. The van der Waals surface area contributed by atoms with E-state index in [1.54, 1.807) is 30.0 Å². The predicted molar refractivity (Wildman–Crippen MR) is 95.2 cm³/mol. The fourth-order valence-electron chi connectivity index (χ4n) is 2.65. The zero-order chi connectivity index (χ0) is 16.9. The van der Waals surface area contributed by atoms with Crippen molar-refractivity contribution >= 4 is 23.4 Å². The number of anilines is 1. The first-order chi connectivity index (χ1) is 11.6. The second-order valence-corrected chi connectivity index (χ2v) is 6.94. The minimum absolute atomic E-state index is 0.199. The van der Waals surface area contributed by atoms with Crippen molar-refractivity contribution in [1.82, 2.24) is 0 Å². The molecule has 3 nitrogen and oxygen atoms in total. The lowest BCUT2D eigenvalue weighted by molar-refractivity contribution is 0.102. The Labute approximate surface area is 145 Å². The molecule has 1 fully saturated rings. The second-order valence-electron chi connectivity index (χ2n) is 5.88. The summed E-state index contributed by atoms with van der Waals surface area (Å²) < 4.78 is 19.6. The smallest absolute Gasteiger partial charge is 0.256 e. The topological polar surface area (TPSA) is 38.3 Å². The Hall–Kier alpha value is -1.85. The molecule has 24 heavy (non-hydrogen) atoms. The zero-order valence-corrected chi connectivity index (χ0v) is 14.4. The molecule has 1 N–H and O–H groups in total. The van der Waals surface area contributed by atoms with Crippen LogP contribution >= 0.6 is 11.8 Å². The molecule has 1 atom stereocenters. The van der Waals surface area contributed by atoms with Gasteiger partial charge in [0, 0.05) is 17.3 Å². The molecule has 0 saturated carbocycles. The Morgan fingerprint density at radius 3 is 2.92 bits per heavy atom. The highest BCUT2D eigenvalue weighted by atomic mass is 32.2. The average molecular weight is 345 g/mol. The first-order valence-electron chi connectivity index (χ1n) is 8.04. The van der Waals surface area contributed by atoms with Crippen molar-refractivity contribution in [3.05, 3.63) is 59.4 Å². The number of aryl methyl sites for hydroxylation is 1. The van der Waals surface area contributed by atoms with Gasteiger partial charge in [-0.1, -0.05) is 18.2 Å². The minimum Gasteiger partial charge on any atom is -0.377 e. The molecule has 0 radical (unpaired) electrons. The van der Waals surface area contributed by atoms with Crippen molar-refractivity contribution < 1.29 is 13.9 Å². The van der Waals surface area contributed by atoms with E-state index in [0.717, 1.165) is 35.7 Å². The van der Waals surface area contributed by atoms with Crippen LogP contribution in [0.3, 0.4) is 0 Å². The standard InChI is InChI=1S/C19H20FNO2S/c1-13-8-9-17(16(20)11-13)21-19(22)15-6-2-3-7-18(15)24-12-14-5-4-10-23-14/h2-3,6-9,11,14H,4-5,10,12H2,1H3,(H,21,22). The van der Waals surface area contributed by atoms with Gasteiger partial charge >= 0.3 is 0 Å². The number of thioether (sulfide) groups is 1. The maximum absolute atomic E-state index is 13.9. The van der Waals surface area contributed by atoms with E-state index in [9.17, 15) is 9.18 Å². The summed E-state index contributed by atoms with van der Waals surface area (Å²) >= 11 is 1.61. The third-order valence-corrected chi connectivity index (χ3v) is 5.16. The summed E-state index contributed by atoms with van der Waals surface area (Å²) in [6.45, 7) is 2.63. The van der Waals surface area contributed by atoms with Gasteiger partial charge < -0.3 is 10.1 Å². The molecule has 2 aromatic carbocycles. The van der Waals surface area contributed by atoms with E-state index in [4.69, 9.17) is 4.74 Å². The molecule has 1 aliphatic heterocycles. The Morgan fingerprint density at radius 1 is 1.33 bits per heavy atom. The Kier molecular flexibility index (Phi) is 5.53. The van der Waals surface area contributed by atoms with Crippen LogP contribution in [0.15, 0.2) is 47.4 Å². The minimum atomic E-state index is -0.423. The average Bonchev–Trinajstić information content (AvgIpc) is 3.09. The van der Waals surface area contributed by atoms with Crippen molar-refractivity contribution in [3.8, 4) is 0 Å². The molecule has 0 aromatic heterocycles. The zero-order valence-electron chi connectivity index (χ0n) is 13.5. The van der Waals surface area contributed by atoms with Gasteiger partial charge in [-0.3, -0.25) is 4.79 Å². The van der Waals surface area contributed by atoms with Gasteiger partial charge in [0.2, 0.25) is 0 Å². The molecule has 0 spiro atoms. The van der Waals surface area contributed by atoms with Crippen LogP contribution in [0.1, 0.15) is 28.8 Å². The number of hydrogen-bond donors (Lipinski definition) is 1. The number of hydrogen-bond acceptors (Lipinski definition) is 3. The lowest BCUT2D eigenvalue weighted by Gasteiger charge is -2.13. The van der Waals surface area contributed by atoms with Crippen molar-refractivity contribution in [2.75, 3.05) is 17.7 Å². The van der Waals surface area contributed by atoms with Gasteiger partial charge in [0.15, 0.2) is 0 Å². The molecule has 1 saturated heterocycles. The van der Waals surface area contributed by atoms with E-state index in [2.05, 4.69) is 5.32 Å². The summed E-state index contributed by atoms with van der Waals surface area (Å²) in [4.78, 5) is 13.4. The van der Waals surface area contributed by atoms with E-state index in [0.29, 0.717) is 5.56 Å². The highest BCUT2D eigenvalue weighted by molar-refractivity contribution is 7.99. The predicted octanol–water partition coefficient (Wildman–Crippen LogP) is 4.66. The lowest BCUT2D eigenvalue weighted by Crippen LogP contribution is -2.15. The van der Waals surface area contributed by atoms with E-state index in [-0.39, 0.29) is 17.7 Å². The Morgan fingerprint density at radius 2 is 2.17 bits per heavy atom. The van der Waals surface area contributed by atoms with Crippen LogP contribution < -0.4 is 5.32 Å². The monoisotopic (exact) mass is 345 g/mol. The second kappa shape index (κ2) is 7.81. The van der Waals surface area contributed by atoms with Crippen LogP contribution in [-0.2, 0) is 4.74 Å². The summed E-state index contributed by atoms with van der Waals surface area (Å²) in [5.74, 6) is 0.101. The van der Waals surface area contributed by atoms with E-state index < -0.39 is 5.82 Å². The van der Waals surface area contributed by atoms with Gasteiger partial charge in [-0.25, -0.2) is 4.39 Å². The maximum atomic E-state index is 13.9. The van der Waals surface area contributed by atoms with E-state index in [1.165, 1.54) is 6.07 Å². The van der Waals surface area contributed by atoms with E-state index in [1.807, 2.05) is 25.1 Å². The lowest BCUT2D eigenvalue weighted by atomic mass is 10.2. The number of amides is 1. The van der Waals surface area contributed by atoms with Crippen molar-refractivity contribution in [1.29, 1.82) is 0 Å². The van der Waals surface area contributed by atoms with Crippen molar-refractivity contribution in [3.63, 3.8) is 0 Å². The summed E-state index contributed by atoms with van der Waals surface area (Å²) in [6, 6.07) is 12.2. The molecule has 2 aromatic rings. The molecular weight excluding hydrogens is 325 g/mol. The fourth-order valence-corrected chi connectivity index (χ4v) is 3.77.